The molecule has 0 N–H and O–H groups in total. The Morgan fingerprint density at radius 2 is 1.65 bits per heavy atom. The zero-order chi connectivity index (χ0) is 13.1. The summed E-state index contributed by atoms with van der Waals surface area (Å²) in [6, 6.07) is 0. The van der Waals surface area contributed by atoms with E-state index >= 15 is 0 Å². The maximum Gasteiger partial charge on any atom is 3.00 e. The van der Waals surface area contributed by atoms with Crippen LogP contribution >= 0.6 is 0 Å². The van der Waals surface area contributed by atoms with E-state index in [0.29, 0.717) is 0 Å². The van der Waals surface area contributed by atoms with Crippen LogP contribution in [0.5, 0.6) is 0 Å². The first-order valence-corrected chi connectivity index (χ1v) is 5.05. The fourth-order valence-electron chi connectivity index (χ4n) is 0.480. The molecule has 96 valence electrons. The zero-order valence-corrected chi connectivity index (χ0v) is 11.9. The zero-order valence-electron chi connectivity index (χ0n) is 10.8. The number of carbonyl (C=O) groups is 1. The third-order valence-electron chi connectivity index (χ3n) is 1.24. The second kappa shape index (κ2) is 13.5. The summed E-state index contributed by atoms with van der Waals surface area (Å²) in [7, 11) is 0. The SMILES string of the molecule is CC(C[O-])C[O-].CC([O-])=CC(=O)OC(C)C.[Al+3]. The Bertz CT molecular complexity index is 208. The predicted octanol–water partition coefficient (Wildman–Crippen LogP) is -1.84. The molecule has 0 rings (SSSR count). The van der Waals surface area contributed by atoms with Crippen molar-refractivity contribution in [2.24, 2.45) is 5.92 Å². The average Bonchev–Trinajstić information content (AvgIpc) is 2.14. The average molecular weight is 258 g/mol. The second-order valence-corrected chi connectivity index (χ2v) is 3.68. The molecule has 0 fully saturated rings. The molecule has 0 aliphatic carbocycles. The number of hydrogen-bond donors (Lipinski definition) is 0. The quantitative estimate of drug-likeness (QED) is 0.256. The first-order valence-electron chi connectivity index (χ1n) is 5.05. The van der Waals surface area contributed by atoms with Gasteiger partial charge in [0.25, 0.3) is 0 Å². The maximum absolute atomic E-state index is 10.6. The Balaban J connectivity index is -0.000000244. The molecule has 0 aliphatic heterocycles. The second-order valence-electron chi connectivity index (χ2n) is 3.68. The van der Waals surface area contributed by atoms with Gasteiger partial charge in [-0.05, 0) is 13.8 Å². The molecule has 0 saturated heterocycles. The third-order valence-corrected chi connectivity index (χ3v) is 1.24. The van der Waals surface area contributed by atoms with Crippen LogP contribution in [0.3, 0.4) is 0 Å². The van der Waals surface area contributed by atoms with E-state index in [0.717, 1.165) is 6.08 Å². The number of esters is 1. The van der Waals surface area contributed by atoms with Crippen molar-refractivity contribution in [2.75, 3.05) is 13.2 Å². The van der Waals surface area contributed by atoms with E-state index in [2.05, 4.69) is 4.74 Å². The Hall–Kier alpha value is -0.538. The molecule has 0 heterocycles. The van der Waals surface area contributed by atoms with Gasteiger partial charge in [-0.25, -0.2) is 4.79 Å². The largest absolute Gasteiger partial charge is 3.00 e. The molecule has 0 radical (unpaired) electrons. The van der Waals surface area contributed by atoms with E-state index in [4.69, 9.17) is 0 Å². The minimum absolute atomic E-state index is 0. The molecule has 0 aromatic rings. The monoisotopic (exact) mass is 258 g/mol. The molecule has 6 heteroatoms. The fourth-order valence-corrected chi connectivity index (χ4v) is 0.480. The van der Waals surface area contributed by atoms with Crippen molar-refractivity contribution in [1.82, 2.24) is 0 Å². The summed E-state index contributed by atoms with van der Waals surface area (Å²) in [5, 5.41) is 29.6. The summed E-state index contributed by atoms with van der Waals surface area (Å²) in [4.78, 5) is 10.6. The number of carbonyl (C=O) groups excluding carboxylic acids is 1. The van der Waals surface area contributed by atoms with Crippen molar-refractivity contribution in [2.45, 2.75) is 33.8 Å². The van der Waals surface area contributed by atoms with E-state index in [1.165, 1.54) is 6.92 Å². The van der Waals surface area contributed by atoms with Gasteiger partial charge in [0, 0.05) is 6.08 Å². The molecule has 0 amide bonds. The molecule has 0 aromatic heterocycles. The van der Waals surface area contributed by atoms with Gasteiger partial charge in [0.15, 0.2) is 0 Å². The summed E-state index contributed by atoms with van der Waals surface area (Å²) in [5.41, 5.74) is 0. The van der Waals surface area contributed by atoms with Gasteiger partial charge in [-0.2, -0.15) is 0 Å². The minimum atomic E-state index is -0.567. The Morgan fingerprint density at radius 3 is 1.82 bits per heavy atom. The predicted molar refractivity (Wildman–Crippen MR) is 59.6 cm³/mol. The van der Waals surface area contributed by atoms with Crippen LogP contribution in [0.2, 0.25) is 0 Å². The van der Waals surface area contributed by atoms with Gasteiger partial charge in [-0.1, -0.05) is 19.8 Å². The molecule has 0 saturated carbocycles. The summed E-state index contributed by atoms with van der Waals surface area (Å²) < 4.78 is 4.65. The normalized spacial score (nSPS) is 10.5. The molecular formula is C11H19AlO5. The van der Waals surface area contributed by atoms with Gasteiger partial charge >= 0.3 is 23.3 Å². The van der Waals surface area contributed by atoms with Crippen molar-refractivity contribution in [3.8, 4) is 0 Å². The standard InChI is InChI=1S/C7H12O3.C4H8O2.Al/c1-5(2)10-7(9)4-6(3)8;1-4(2-5)3-6;/h4-5,8H,1-3H3;4H,2-3H2,1H3;/q;-2;+3/p-1. The van der Waals surface area contributed by atoms with E-state index in [9.17, 15) is 20.1 Å². The van der Waals surface area contributed by atoms with Crippen molar-refractivity contribution < 1.29 is 24.9 Å². The van der Waals surface area contributed by atoms with Crippen LogP contribution in [0.1, 0.15) is 27.7 Å². The van der Waals surface area contributed by atoms with Crippen LogP contribution in [0, 0.1) is 5.92 Å². The smallest absolute Gasteiger partial charge is 0.875 e. The van der Waals surface area contributed by atoms with Crippen molar-refractivity contribution in [3.05, 3.63) is 11.8 Å². The molecule has 0 aromatic carbocycles. The molecular weight excluding hydrogens is 239 g/mol. The summed E-state index contributed by atoms with van der Waals surface area (Å²) in [6.07, 6.45) is 0.767. The Labute approximate surface area is 113 Å². The van der Waals surface area contributed by atoms with Crippen molar-refractivity contribution in [3.63, 3.8) is 0 Å². The van der Waals surface area contributed by atoms with Gasteiger partial charge in [-0.15, -0.1) is 19.0 Å². The van der Waals surface area contributed by atoms with E-state index < -0.39 is 5.97 Å². The van der Waals surface area contributed by atoms with Crippen LogP contribution in [0.15, 0.2) is 11.8 Å². The fraction of sp³-hybridized carbons (Fsp3) is 0.727. The Kier molecular flexibility index (Phi) is 17.3. The molecule has 0 spiro atoms. The molecule has 17 heavy (non-hydrogen) atoms. The van der Waals surface area contributed by atoms with Crippen molar-refractivity contribution >= 4 is 23.3 Å². The van der Waals surface area contributed by atoms with E-state index in [1.54, 1.807) is 20.8 Å². The number of hydrogen-bond acceptors (Lipinski definition) is 5. The molecule has 5 nitrogen and oxygen atoms in total. The van der Waals surface area contributed by atoms with E-state index in [-0.39, 0.29) is 48.4 Å². The van der Waals surface area contributed by atoms with Gasteiger partial charge in [-0.3, -0.25) is 0 Å². The van der Waals surface area contributed by atoms with Gasteiger partial charge < -0.3 is 20.1 Å². The molecule has 0 bridgehead atoms. The van der Waals surface area contributed by atoms with Crippen LogP contribution < -0.4 is 15.3 Å². The topological polar surface area (TPSA) is 95.5 Å². The number of allylic oxidation sites excluding steroid dienone is 1. The first kappa shape index (κ1) is 21.7. The van der Waals surface area contributed by atoms with Crippen molar-refractivity contribution in [1.29, 1.82) is 0 Å². The van der Waals surface area contributed by atoms with Crippen LogP contribution in [-0.2, 0) is 9.53 Å². The molecule has 0 atom stereocenters. The Morgan fingerprint density at radius 1 is 1.24 bits per heavy atom. The number of rotatable bonds is 4. The van der Waals surface area contributed by atoms with E-state index in [1.807, 2.05) is 0 Å². The molecule has 0 aliphatic rings. The summed E-state index contributed by atoms with van der Waals surface area (Å²) in [5.74, 6) is -1.03. The van der Waals surface area contributed by atoms with Crippen LogP contribution in [-0.4, -0.2) is 42.6 Å². The van der Waals surface area contributed by atoms with Gasteiger partial charge in [0.05, 0.1) is 6.10 Å². The third kappa shape index (κ3) is 21.3. The summed E-state index contributed by atoms with van der Waals surface area (Å²) in [6.45, 7) is 5.95. The first-order chi connectivity index (χ1) is 7.33. The number of ether oxygens (including phenoxy) is 1. The maximum atomic E-state index is 10.6. The minimum Gasteiger partial charge on any atom is -0.875 e. The summed E-state index contributed by atoms with van der Waals surface area (Å²) >= 11 is 0. The molecule has 0 unspecified atom stereocenters. The van der Waals surface area contributed by atoms with Gasteiger partial charge in [0.1, 0.15) is 0 Å². The van der Waals surface area contributed by atoms with Crippen LogP contribution in [0.4, 0.5) is 0 Å². The van der Waals surface area contributed by atoms with Crippen LogP contribution in [0.25, 0.3) is 0 Å². The van der Waals surface area contributed by atoms with Gasteiger partial charge in [0.2, 0.25) is 0 Å².